The molecule has 2 atom stereocenters. The molecule has 19 heavy (non-hydrogen) atoms. The van der Waals surface area contributed by atoms with Crippen molar-refractivity contribution in [2.24, 2.45) is 11.7 Å². The van der Waals surface area contributed by atoms with Gasteiger partial charge in [-0.05, 0) is 42.9 Å². The first kappa shape index (κ1) is 13.9. The van der Waals surface area contributed by atoms with E-state index in [1.54, 1.807) is 0 Å². The summed E-state index contributed by atoms with van der Waals surface area (Å²) >= 11 is 0. The Morgan fingerprint density at radius 2 is 2.11 bits per heavy atom. The number of benzene rings is 1. The number of halogens is 2. The van der Waals surface area contributed by atoms with Gasteiger partial charge in [-0.3, -0.25) is 4.79 Å². The van der Waals surface area contributed by atoms with Crippen LogP contribution in [0.3, 0.4) is 0 Å². The van der Waals surface area contributed by atoms with E-state index >= 15 is 0 Å². The first-order valence-electron chi connectivity index (χ1n) is 6.51. The van der Waals surface area contributed by atoms with Crippen LogP contribution in [0.4, 0.5) is 8.78 Å². The van der Waals surface area contributed by atoms with E-state index in [2.05, 4.69) is 5.32 Å². The minimum Gasteiger partial charge on any atom is -0.352 e. The van der Waals surface area contributed by atoms with Crippen molar-refractivity contribution in [1.29, 1.82) is 0 Å². The molecule has 0 aliphatic heterocycles. The Hall–Kier alpha value is -1.49. The third-order valence-electron chi connectivity index (χ3n) is 3.53. The number of nitrogens with two attached hydrogens (primary N) is 1. The van der Waals surface area contributed by atoms with E-state index in [1.807, 2.05) is 0 Å². The van der Waals surface area contributed by atoms with E-state index in [4.69, 9.17) is 5.73 Å². The van der Waals surface area contributed by atoms with E-state index in [0.717, 1.165) is 31.4 Å². The van der Waals surface area contributed by atoms with Crippen LogP contribution in [0.1, 0.15) is 31.2 Å². The van der Waals surface area contributed by atoms with Gasteiger partial charge in [0, 0.05) is 19.0 Å². The van der Waals surface area contributed by atoms with Crippen LogP contribution in [0.2, 0.25) is 0 Å². The molecule has 0 heterocycles. The molecule has 1 fully saturated rings. The SMILES string of the molecule is N[C@H]1CC[C@@H](CC(=O)NCc2ccc(F)c(F)c2)C1. The van der Waals surface area contributed by atoms with Crippen LogP contribution in [-0.2, 0) is 11.3 Å². The maximum absolute atomic E-state index is 13.0. The zero-order valence-corrected chi connectivity index (χ0v) is 10.7. The molecule has 0 unspecified atom stereocenters. The largest absolute Gasteiger partial charge is 0.352 e. The summed E-state index contributed by atoms with van der Waals surface area (Å²) in [7, 11) is 0. The molecule has 104 valence electrons. The molecule has 3 N–H and O–H groups in total. The van der Waals surface area contributed by atoms with Gasteiger partial charge in [-0.25, -0.2) is 8.78 Å². The Kier molecular flexibility index (Phi) is 4.47. The number of hydrogen-bond acceptors (Lipinski definition) is 2. The minimum atomic E-state index is -0.895. The van der Waals surface area contributed by atoms with E-state index in [-0.39, 0.29) is 18.5 Å². The van der Waals surface area contributed by atoms with Crippen LogP contribution in [0.5, 0.6) is 0 Å². The fourth-order valence-electron chi connectivity index (χ4n) is 2.48. The lowest BCUT2D eigenvalue weighted by Gasteiger charge is -2.10. The fourth-order valence-corrected chi connectivity index (χ4v) is 2.48. The summed E-state index contributed by atoms with van der Waals surface area (Å²) in [5.74, 6) is -1.49. The molecular formula is C14H18F2N2O. The molecule has 0 aromatic heterocycles. The highest BCUT2D eigenvalue weighted by atomic mass is 19.2. The lowest BCUT2D eigenvalue weighted by atomic mass is 10.0. The highest BCUT2D eigenvalue weighted by Gasteiger charge is 2.23. The summed E-state index contributed by atoms with van der Waals surface area (Å²) in [6.45, 7) is 0.217. The maximum atomic E-state index is 13.0. The summed E-state index contributed by atoms with van der Waals surface area (Å²) < 4.78 is 25.7. The van der Waals surface area contributed by atoms with Crippen LogP contribution in [0, 0.1) is 17.6 Å². The van der Waals surface area contributed by atoms with Crippen LogP contribution in [-0.4, -0.2) is 11.9 Å². The topological polar surface area (TPSA) is 55.1 Å². The second-order valence-electron chi connectivity index (χ2n) is 5.17. The Morgan fingerprint density at radius 3 is 2.74 bits per heavy atom. The normalized spacial score (nSPS) is 22.5. The summed E-state index contributed by atoms with van der Waals surface area (Å²) in [5, 5.41) is 2.72. The number of hydrogen-bond donors (Lipinski definition) is 2. The number of rotatable bonds is 4. The van der Waals surface area contributed by atoms with Crippen LogP contribution in [0.15, 0.2) is 18.2 Å². The summed E-state index contributed by atoms with van der Waals surface area (Å²) in [5.41, 5.74) is 6.34. The fraction of sp³-hybridized carbons (Fsp3) is 0.500. The van der Waals surface area contributed by atoms with Crippen molar-refractivity contribution in [3.05, 3.63) is 35.4 Å². The van der Waals surface area contributed by atoms with Gasteiger partial charge < -0.3 is 11.1 Å². The van der Waals surface area contributed by atoms with Gasteiger partial charge in [-0.1, -0.05) is 6.07 Å². The molecule has 1 aromatic rings. The molecule has 1 saturated carbocycles. The zero-order valence-electron chi connectivity index (χ0n) is 10.7. The van der Waals surface area contributed by atoms with Gasteiger partial charge in [0.25, 0.3) is 0 Å². The van der Waals surface area contributed by atoms with E-state index in [0.29, 0.717) is 17.9 Å². The lowest BCUT2D eigenvalue weighted by Crippen LogP contribution is -2.25. The number of nitrogens with one attached hydrogen (secondary N) is 1. The number of carbonyl (C=O) groups excluding carboxylic acids is 1. The summed E-state index contributed by atoms with van der Waals surface area (Å²) in [6.07, 6.45) is 3.30. The van der Waals surface area contributed by atoms with Gasteiger partial charge in [0.05, 0.1) is 0 Å². The van der Waals surface area contributed by atoms with E-state index in [9.17, 15) is 13.6 Å². The van der Waals surface area contributed by atoms with Crippen molar-refractivity contribution in [3.63, 3.8) is 0 Å². The molecule has 0 spiro atoms. The average molecular weight is 268 g/mol. The first-order valence-corrected chi connectivity index (χ1v) is 6.51. The summed E-state index contributed by atoms with van der Waals surface area (Å²) in [6, 6.07) is 3.84. The smallest absolute Gasteiger partial charge is 0.220 e. The first-order chi connectivity index (χ1) is 9.04. The van der Waals surface area contributed by atoms with Crippen molar-refractivity contribution in [2.45, 2.75) is 38.3 Å². The number of carbonyl (C=O) groups is 1. The Morgan fingerprint density at radius 1 is 1.32 bits per heavy atom. The molecule has 1 aliphatic rings. The van der Waals surface area contributed by atoms with Gasteiger partial charge >= 0.3 is 0 Å². The van der Waals surface area contributed by atoms with Crippen molar-refractivity contribution in [2.75, 3.05) is 0 Å². The average Bonchev–Trinajstić information content (AvgIpc) is 2.76. The predicted octanol–water partition coefficient (Wildman–Crippen LogP) is 2.10. The maximum Gasteiger partial charge on any atom is 0.220 e. The standard InChI is InChI=1S/C14H18F2N2O/c15-12-4-2-10(6-13(12)16)8-18-14(19)7-9-1-3-11(17)5-9/h2,4,6,9,11H,1,3,5,7-8,17H2,(H,18,19)/t9-,11+/m1/s1. The lowest BCUT2D eigenvalue weighted by molar-refractivity contribution is -0.122. The zero-order chi connectivity index (χ0) is 13.8. The van der Waals surface area contributed by atoms with Gasteiger partial charge in [0.1, 0.15) is 0 Å². The van der Waals surface area contributed by atoms with Gasteiger partial charge in [-0.2, -0.15) is 0 Å². The third kappa shape index (κ3) is 3.99. The molecule has 5 heteroatoms. The van der Waals surface area contributed by atoms with Crippen LogP contribution in [0.25, 0.3) is 0 Å². The molecule has 1 aromatic carbocycles. The predicted molar refractivity (Wildman–Crippen MR) is 68.1 cm³/mol. The second-order valence-corrected chi connectivity index (χ2v) is 5.17. The molecule has 0 bridgehead atoms. The molecule has 3 nitrogen and oxygen atoms in total. The Balaban J connectivity index is 1.78. The molecule has 1 amide bonds. The van der Waals surface area contributed by atoms with Crippen molar-refractivity contribution in [1.82, 2.24) is 5.32 Å². The number of amides is 1. The quantitative estimate of drug-likeness (QED) is 0.878. The highest BCUT2D eigenvalue weighted by molar-refractivity contribution is 5.76. The van der Waals surface area contributed by atoms with Crippen LogP contribution < -0.4 is 11.1 Å². The van der Waals surface area contributed by atoms with Gasteiger partial charge in [0.15, 0.2) is 11.6 Å². The van der Waals surface area contributed by atoms with E-state index < -0.39 is 11.6 Å². The van der Waals surface area contributed by atoms with Crippen molar-refractivity contribution >= 4 is 5.91 Å². The summed E-state index contributed by atoms with van der Waals surface area (Å²) in [4.78, 5) is 11.7. The van der Waals surface area contributed by atoms with Gasteiger partial charge in [-0.15, -0.1) is 0 Å². The van der Waals surface area contributed by atoms with Crippen molar-refractivity contribution in [3.8, 4) is 0 Å². The van der Waals surface area contributed by atoms with Gasteiger partial charge in [0.2, 0.25) is 5.91 Å². The Labute approximate surface area is 111 Å². The van der Waals surface area contributed by atoms with E-state index in [1.165, 1.54) is 6.07 Å². The molecule has 1 aliphatic carbocycles. The molecule has 0 saturated heterocycles. The Bertz CT molecular complexity index is 465. The highest BCUT2D eigenvalue weighted by Crippen LogP contribution is 2.26. The molecular weight excluding hydrogens is 250 g/mol. The van der Waals surface area contributed by atoms with Crippen molar-refractivity contribution < 1.29 is 13.6 Å². The third-order valence-corrected chi connectivity index (χ3v) is 3.53. The second kappa shape index (κ2) is 6.10. The molecule has 2 rings (SSSR count). The van der Waals surface area contributed by atoms with Crippen LogP contribution >= 0.6 is 0 Å². The molecule has 0 radical (unpaired) electrons. The monoisotopic (exact) mass is 268 g/mol. The minimum absolute atomic E-state index is 0.0659.